The first-order chi connectivity index (χ1) is 32.2. The molecule has 0 unspecified atom stereocenters. The van der Waals surface area contributed by atoms with Crippen molar-refractivity contribution in [3.63, 3.8) is 0 Å². The van der Waals surface area contributed by atoms with E-state index in [0.717, 1.165) is 33.9 Å². The Kier molecular flexibility index (Phi) is 8.47. The Labute approximate surface area is 379 Å². The fraction of sp³-hybridized carbons (Fsp3) is 0.0159. The summed E-state index contributed by atoms with van der Waals surface area (Å²) in [7, 11) is 0. The van der Waals surface area contributed by atoms with Crippen LogP contribution in [-0.2, 0) is 5.41 Å². The van der Waals surface area contributed by atoms with Gasteiger partial charge < -0.3 is 9.80 Å². The highest BCUT2D eigenvalue weighted by atomic mass is 15.2. The summed E-state index contributed by atoms with van der Waals surface area (Å²) in [6, 6.07) is 93.8. The number of para-hydroxylation sites is 1. The molecule has 0 atom stereocenters. The molecule has 2 nitrogen and oxygen atoms in total. The number of benzene rings is 11. The molecule has 11 aromatic rings. The average molecular weight is 827 g/mol. The second-order valence-electron chi connectivity index (χ2n) is 17.3. The van der Waals surface area contributed by atoms with Crippen molar-refractivity contribution in [3.05, 3.63) is 277 Å². The van der Waals surface area contributed by atoms with Crippen molar-refractivity contribution >= 4 is 55.7 Å². The molecule has 0 amide bonds. The molecular formula is C63H42N2. The molecule has 65 heavy (non-hydrogen) atoms. The monoisotopic (exact) mass is 826 g/mol. The number of fused-ring (bicyclic) bond motifs is 6. The zero-order chi connectivity index (χ0) is 42.9. The maximum Gasteiger partial charge on any atom is 0.0714 e. The molecule has 0 saturated carbocycles. The summed E-state index contributed by atoms with van der Waals surface area (Å²) >= 11 is 0. The third-order valence-corrected chi connectivity index (χ3v) is 13.8. The van der Waals surface area contributed by atoms with Crippen LogP contribution in [0, 0.1) is 0 Å². The molecule has 13 rings (SSSR count). The standard InChI is InChI=1S/C63H42N2/c1-4-22-48(23-5-1)63(49-24-6-2-7-25-49)58-31-13-12-29-54(58)55-38-37-53(42-59(55)63)64(50-26-8-3-9-27-50)52-28-14-21-45(39-52)43-33-35-51(36-34-43)65-60-32-16-20-44-19-15-30-56(62(44)60)57-40-46-17-10-11-18-47(46)41-61(57)65/h1-42H. The van der Waals surface area contributed by atoms with Gasteiger partial charge in [0.15, 0.2) is 0 Å². The van der Waals surface area contributed by atoms with Gasteiger partial charge in [0.2, 0.25) is 0 Å². The number of hydrogen-bond acceptors (Lipinski definition) is 2. The van der Waals surface area contributed by atoms with Crippen LogP contribution in [0.3, 0.4) is 0 Å². The number of hydrogen-bond donors (Lipinski definition) is 0. The molecule has 2 aliphatic rings. The molecule has 1 aliphatic heterocycles. The van der Waals surface area contributed by atoms with Gasteiger partial charge in [-0.15, -0.1) is 0 Å². The van der Waals surface area contributed by atoms with E-state index in [9.17, 15) is 0 Å². The largest absolute Gasteiger partial charge is 0.310 e. The van der Waals surface area contributed by atoms with E-state index < -0.39 is 5.41 Å². The Bertz CT molecular complexity index is 3550. The number of nitrogens with zero attached hydrogens (tertiary/aromatic N) is 2. The smallest absolute Gasteiger partial charge is 0.0714 e. The zero-order valence-electron chi connectivity index (χ0n) is 35.6. The maximum absolute atomic E-state index is 2.45. The lowest BCUT2D eigenvalue weighted by Crippen LogP contribution is -2.28. The summed E-state index contributed by atoms with van der Waals surface area (Å²) in [5, 5.41) is 5.02. The molecule has 0 saturated heterocycles. The van der Waals surface area contributed by atoms with E-state index in [1.165, 1.54) is 77.4 Å². The summed E-state index contributed by atoms with van der Waals surface area (Å²) in [6.45, 7) is 0. The van der Waals surface area contributed by atoms with Gasteiger partial charge in [-0.1, -0.05) is 188 Å². The van der Waals surface area contributed by atoms with Gasteiger partial charge in [0.05, 0.1) is 16.8 Å². The second kappa shape index (κ2) is 14.8. The Balaban J connectivity index is 0.935. The van der Waals surface area contributed by atoms with Crippen molar-refractivity contribution < 1.29 is 0 Å². The lowest BCUT2D eigenvalue weighted by atomic mass is 9.67. The van der Waals surface area contributed by atoms with Gasteiger partial charge >= 0.3 is 0 Å². The molecule has 1 aliphatic carbocycles. The summed E-state index contributed by atoms with van der Waals surface area (Å²) in [4.78, 5) is 4.86. The van der Waals surface area contributed by atoms with Crippen LogP contribution in [0.15, 0.2) is 255 Å². The van der Waals surface area contributed by atoms with Crippen molar-refractivity contribution in [2.45, 2.75) is 5.41 Å². The molecule has 1 heterocycles. The Morgan fingerprint density at radius 3 is 1.63 bits per heavy atom. The first-order valence-corrected chi connectivity index (χ1v) is 22.5. The second-order valence-corrected chi connectivity index (χ2v) is 17.3. The van der Waals surface area contributed by atoms with Gasteiger partial charge in [-0.25, -0.2) is 0 Å². The minimum atomic E-state index is -0.494. The fourth-order valence-electron chi connectivity index (χ4n) is 11.0. The van der Waals surface area contributed by atoms with Crippen LogP contribution in [0.2, 0.25) is 0 Å². The Morgan fingerprint density at radius 2 is 0.877 bits per heavy atom. The van der Waals surface area contributed by atoms with Gasteiger partial charge in [-0.05, 0) is 133 Å². The van der Waals surface area contributed by atoms with E-state index in [1.807, 2.05) is 0 Å². The van der Waals surface area contributed by atoms with E-state index in [0.29, 0.717) is 0 Å². The molecule has 0 bridgehead atoms. The number of anilines is 6. The molecule has 0 N–H and O–H groups in total. The third-order valence-electron chi connectivity index (χ3n) is 13.8. The van der Waals surface area contributed by atoms with Crippen molar-refractivity contribution in [2.75, 3.05) is 9.80 Å². The minimum absolute atomic E-state index is 0.494. The molecule has 0 radical (unpaired) electrons. The lowest BCUT2D eigenvalue weighted by Gasteiger charge is -2.35. The highest BCUT2D eigenvalue weighted by Gasteiger charge is 2.46. The highest BCUT2D eigenvalue weighted by Crippen LogP contribution is 2.57. The van der Waals surface area contributed by atoms with Crippen LogP contribution in [0.5, 0.6) is 0 Å². The SMILES string of the molecule is c1ccc(N(c2cccc(-c3ccc(N4c5cc6ccccc6cc5-c5cccc6cccc4c56)cc3)c2)c2ccc3c(c2)C(c2ccccc2)(c2ccccc2)c2ccccc2-3)cc1. The quantitative estimate of drug-likeness (QED) is 0.158. The van der Waals surface area contributed by atoms with Gasteiger partial charge in [0.1, 0.15) is 0 Å². The topological polar surface area (TPSA) is 6.48 Å². The lowest BCUT2D eigenvalue weighted by molar-refractivity contribution is 0.768. The van der Waals surface area contributed by atoms with Crippen LogP contribution in [0.4, 0.5) is 34.1 Å². The minimum Gasteiger partial charge on any atom is -0.310 e. The van der Waals surface area contributed by atoms with Crippen molar-refractivity contribution in [1.29, 1.82) is 0 Å². The molecule has 2 heteroatoms. The first-order valence-electron chi connectivity index (χ1n) is 22.5. The van der Waals surface area contributed by atoms with Crippen LogP contribution in [0.25, 0.3) is 54.9 Å². The molecule has 0 fully saturated rings. The highest BCUT2D eigenvalue weighted by molar-refractivity contribution is 6.15. The van der Waals surface area contributed by atoms with Gasteiger partial charge in [0.25, 0.3) is 0 Å². The normalized spacial score (nSPS) is 13.0. The zero-order valence-corrected chi connectivity index (χ0v) is 35.6. The molecule has 11 aromatic carbocycles. The van der Waals surface area contributed by atoms with Crippen LogP contribution in [-0.4, -0.2) is 0 Å². The molecule has 304 valence electrons. The third kappa shape index (κ3) is 5.74. The molecule has 0 spiro atoms. The average Bonchev–Trinajstić information content (AvgIpc) is 3.67. The first kappa shape index (κ1) is 37.1. The van der Waals surface area contributed by atoms with Crippen LogP contribution >= 0.6 is 0 Å². The van der Waals surface area contributed by atoms with Crippen LogP contribution in [0.1, 0.15) is 22.3 Å². The summed E-state index contributed by atoms with van der Waals surface area (Å²) in [6.07, 6.45) is 0. The van der Waals surface area contributed by atoms with E-state index >= 15 is 0 Å². The summed E-state index contributed by atoms with van der Waals surface area (Å²) in [5.74, 6) is 0. The van der Waals surface area contributed by atoms with Crippen molar-refractivity contribution in [2.24, 2.45) is 0 Å². The van der Waals surface area contributed by atoms with Gasteiger partial charge in [-0.2, -0.15) is 0 Å². The van der Waals surface area contributed by atoms with E-state index in [2.05, 4.69) is 265 Å². The molecule has 0 aromatic heterocycles. The van der Waals surface area contributed by atoms with Gasteiger partial charge in [0, 0.05) is 33.7 Å². The van der Waals surface area contributed by atoms with Gasteiger partial charge in [-0.3, -0.25) is 0 Å². The predicted molar refractivity (Wildman–Crippen MR) is 273 cm³/mol. The Morgan fingerprint density at radius 1 is 0.308 bits per heavy atom. The fourth-order valence-corrected chi connectivity index (χ4v) is 11.0. The molecular weight excluding hydrogens is 785 g/mol. The van der Waals surface area contributed by atoms with Crippen molar-refractivity contribution in [1.82, 2.24) is 0 Å². The van der Waals surface area contributed by atoms with E-state index in [-0.39, 0.29) is 0 Å². The van der Waals surface area contributed by atoms with Crippen LogP contribution < -0.4 is 9.80 Å². The summed E-state index contributed by atoms with van der Waals surface area (Å²) < 4.78 is 0. The Hall–Kier alpha value is -8.46. The summed E-state index contributed by atoms with van der Waals surface area (Å²) in [5.41, 5.74) is 18.9. The predicted octanol–water partition coefficient (Wildman–Crippen LogP) is 16.9. The van der Waals surface area contributed by atoms with Crippen molar-refractivity contribution in [3.8, 4) is 33.4 Å². The number of rotatable bonds is 7. The maximum atomic E-state index is 2.45. The van der Waals surface area contributed by atoms with E-state index in [1.54, 1.807) is 0 Å². The van der Waals surface area contributed by atoms with E-state index in [4.69, 9.17) is 0 Å².